The molecule has 6 nitrogen and oxygen atoms in total. The molecule has 1 N–H and O–H groups in total. The van der Waals surface area contributed by atoms with Gasteiger partial charge < -0.3 is 19.6 Å². The summed E-state index contributed by atoms with van der Waals surface area (Å²) >= 11 is 0. The molecule has 2 heterocycles. The van der Waals surface area contributed by atoms with Gasteiger partial charge >= 0.3 is 0 Å². The van der Waals surface area contributed by atoms with Crippen LogP contribution in [0.4, 0.5) is 5.69 Å². The number of fused-ring (bicyclic) bond motifs is 1. The molecule has 2 aliphatic heterocycles. The Bertz CT molecular complexity index is 851. The molecule has 4 rings (SSSR count). The number of phenolic OH excluding ortho intramolecular Hbond substituents is 1. The Labute approximate surface area is 151 Å². The highest BCUT2D eigenvalue weighted by Crippen LogP contribution is 2.30. The first kappa shape index (κ1) is 16.4. The number of hydrogen-bond donors (Lipinski definition) is 1. The maximum atomic E-state index is 13.0. The average Bonchev–Trinajstić information content (AvgIpc) is 2.90. The number of anilines is 1. The van der Waals surface area contributed by atoms with Gasteiger partial charge in [0.1, 0.15) is 18.1 Å². The Balaban J connectivity index is 1.50. The SMILES string of the molecule is O=C(C1CC(=O)N(c2cccc(O)c2)C1)N1CCOc2ccccc2C1. The lowest BCUT2D eigenvalue weighted by Gasteiger charge is -2.23. The molecule has 2 aromatic carbocycles. The van der Waals surface area contributed by atoms with Crippen molar-refractivity contribution in [3.63, 3.8) is 0 Å². The van der Waals surface area contributed by atoms with Gasteiger partial charge in [0.05, 0.1) is 12.5 Å². The Morgan fingerprint density at radius 1 is 1.15 bits per heavy atom. The van der Waals surface area contributed by atoms with Crippen molar-refractivity contribution in [3.05, 3.63) is 54.1 Å². The number of carbonyl (C=O) groups is 2. The highest BCUT2D eigenvalue weighted by Gasteiger charge is 2.37. The molecule has 0 aliphatic carbocycles. The molecule has 0 aromatic heterocycles. The van der Waals surface area contributed by atoms with E-state index in [-0.39, 0.29) is 29.9 Å². The normalized spacial score (nSPS) is 19.7. The molecule has 2 aromatic rings. The second-order valence-corrected chi connectivity index (χ2v) is 6.64. The summed E-state index contributed by atoms with van der Waals surface area (Å²) in [7, 11) is 0. The summed E-state index contributed by atoms with van der Waals surface area (Å²) in [5.41, 5.74) is 1.60. The monoisotopic (exact) mass is 352 g/mol. The summed E-state index contributed by atoms with van der Waals surface area (Å²) in [6, 6.07) is 14.3. The third-order valence-electron chi connectivity index (χ3n) is 4.88. The zero-order valence-electron chi connectivity index (χ0n) is 14.3. The maximum absolute atomic E-state index is 13.0. The summed E-state index contributed by atoms with van der Waals surface area (Å²) < 4.78 is 5.72. The lowest BCUT2D eigenvalue weighted by molar-refractivity contribution is -0.136. The smallest absolute Gasteiger partial charge is 0.228 e. The number of hydrogen-bond acceptors (Lipinski definition) is 4. The van der Waals surface area contributed by atoms with Gasteiger partial charge in [0, 0.05) is 36.8 Å². The lowest BCUT2D eigenvalue weighted by atomic mass is 10.1. The molecule has 26 heavy (non-hydrogen) atoms. The van der Waals surface area contributed by atoms with Gasteiger partial charge in [-0.25, -0.2) is 0 Å². The van der Waals surface area contributed by atoms with Gasteiger partial charge in [0.2, 0.25) is 11.8 Å². The molecule has 0 spiro atoms. The number of phenols is 1. The van der Waals surface area contributed by atoms with Gasteiger partial charge in [-0.05, 0) is 18.2 Å². The predicted molar refractivity (Wildman–Crippen MR) is 95.9 cm³/mol. The first-order valence-electron chi connectivity index (χ1n) is 8.71. The minimum atomic E-state index is -0.380. The predicted octanol–water partition coefficient (Wildman–Crippen LogP) is 2.17. The molecule has 1 saturated heterocycles. The number of ether oxygens (including phenoxy) is 1. The fourth-order valence-electron chi connectivity index (χ4n) is 3.56. The van der Waals surface area contributed by atoms with Gasteiger partial charge in [-0.3, -0.25) is 9.59 Å². The second kappa shape index (κ2) is 6.71. The standard InChI is InChI=1S/C20H20N2O4/c23-17-6-3-5-16(11-17)22-13-15(10-19(22)24)20(25)21-8-9-26-18-7-2-1-4-14(18)12-21/h1-7,11,15,23H,8-10,12-13H2. The lowest BCUT2D eigenvalue weighted by Crippen LogP contribution is -2.38. The molecule has 134 valence electrons. The van der Waals surface area contributed by atoms with Crippen molar-refractivity contribution in [1.82, 2.24) is 4.90 Å². The van der Waals surface area contributed by atoms with E-state index in [0.717, 1.165) is 11.3 Å². The van der Waals surface area contributed by atoms with E-state index in [2.05, 4.69) is 0 Å². The van der Waals surface area contributed by atoms with Crippen LogP contribution in [-0.2, 0) is 16.1 Å². The van der Waals surface area contributed by atoms with E-state index in [0.29, 0.717) is 31.9 Å². The number of carbonyl (C=O) groups excluding carboxylic acids is 2. The van der Waals surface area contributed by atoms with Crippen molar-refractivity contribution in [2.75, 3.05) is 24.6 Å². The van der Waals surface area contributed by atoms with Crippen LogP contribution in [0.5, 0.6) is 11.5 Å². The van der Waals surface area contributed by atoms with E-state index in [4.69, 9.17) is 4.74 Å². The summed E-state index contributed by atoms with van der Waals surface area (Å²) in [4.78, 5) is 28.7. The molecular formula is C20H20N2O4. The van der Waals surface area contributed by atoms with E-state index in [1.807, 2.05) is 24.3 Å². The van der Waals surface area contributed by atoms with Crippen LogP contribution >= 0.6 is 0 Å². The summed E-state index contributed by atoms with van der Waals surface area (Å²) in [6.45, 7) is 1.77. The molecule has 0 saturated carbocycles. The number of nitrogens with zero attached hydrogens (tertiary/aromatic N) is 2. The largest absolute Gasteiger partial charge is 0.508 e. The maximum Gasteiger partial charge on any atom is 0.228 e. The van der Waals surface area contributed by atoms with Crippen LogP contribution in [0.25, 0.3) is 0 Å². The second-order valence-electron chi connectivity index (χ2n) is 6.64. The molecule has 1 fully saturated rings. The van der Waals surface area contributed by atoms with Crippen LogP contribution < -0.4 is 9.64 Å². The van der Waals surface area contributed by atoms with E-state index >= 15 is 0 Å². The Hall–Kier alpha value is -3.02. The molecule has 2 amide bonds. The third-order valence-corrected chi connectivity index (χ3v) is 4.88. The minimum Gasteiger partial charge on any atom is -0.508 e. The highest BCUT2D eigenvalue weighted by molar-refractivity contribution is 6.00. The van der Waals surface area contributed by atoms with Gasteiger partial charge in [-0.2, -0.15) is 0 Å². The quantitative estimate of drug-likeness (QED) is 0.899. The summed E-state index contributed by atoms with van der Waals surface area (Å²) in [5, 5.41) is 9.64. The van der Waals surface area contributed by atoms with Crippen LogP contribution in [0.3, 0.4) is 0 Å². The van der Waals surface area contributed by atoms with Crippen molar-refractivity contribution >= 4 is 17.5 Å². The third kappa shape index (κ3) is 3.10. The van der Waals surface area contributed by atoms with Crippen LogP contribution in [0.1, 0.15) is 12.0 Å². The number of para-hydroxylation sites is 1. The fraction of sp³-hybridized carbons (Fsp3) is 0.300. The number of benzene rings is 2. The zero-order valence-corrected chi connectivity index (χ0v) is 14.3. The van der Waals surface area contributed by atoms with E-state index in [1.54, 1.807) is 34.1 Å². The molecule has 0 radical (unpaired) electrons. The summed E-state index contributed by atoms with van der Waals surface area (Å²) in [5.74, 6) is 0.412. The van der Waals surface area contributed by atoms with Crippen molar-refractivity contribution in [2.24, 2.45) is 5.92 Å². The summed E-state index contributed by atoms with van der Waals surface area (Å²) in [6.07, 6.45) is 0.188. The highest BCUT2D eigenvalue weighted by atomic mass is 16.5. The van der Waals surface area contributed by atoms with Crippen LogP contribution in [-0.4, -0.2) is 41.5 Å². The number of aromatic hydroxyl groups is 1. The Morgan fingerprint density at radius 3 is 2.85 bits per heavy atom. The van der Waals surface area contributed by atoms with Gasteiger partial charge in [-0.15, -0.1) is 0 Å². The van der Waals surface area contributed by atoms with Gasteiger partial charge in [0.15, 0.2) is 0 Å². The Kier molecular flexibility index (Phi) is 4.24. The van der Waals surface area contributed by atoms with Crippen molar-refractivity contribution in [2.45, 2.75) is 13.0 Å². The molecule has 1 unspecified atom stereocenters. The number of rotatable bonds is 2. The van der Waals surface area contributed by atoms with Gasteiger partial charge in [-0.1, -0.05) is 24.3 Å². The topological polar surface area (TPSA) is 70.1 Å². The zero-order chi connectivity index (χ0) is 18.1. The fourth-order valence-corrected chi connectivity index (χ4v) is 3.56. The van der Waals surface area contributed by atoms with E-state index in [1.165, 1.54) is 0 Å². The molecular weight excluding hydrogens is 332 g/mol. The van der Waals surface area contributed by atoms with Crippen LogP contribution in [0.2, 0.25) is 0 Å². The molecule has 1 atom stereocenters. The minimum absolute atomic E-state index is 0.0266. The molecule has 0 bridgehead atoms. The van der Waals surface area contributed by atoms with Gasteiger partial charge in [0.25, 0.3) is 0 Å². The Morgan fingerprint density at radius 2 is 2.00 bits per heavy atom. The van der Waals surface area contributed by atoms with Crippen LogP contribution in [0, 0.1) is 5.92 Å². The van der Waals surface area contributed by atoms with E-state index < -0.39 is 0 Å². The van der Waals surface area contributed by atoms with Crippen molar-refractivity contribution < 1.29 is 19.4 Å². The average molecular weight is 352 g/mol. The molecule has 2 aliphatic rings. The first-order chi connectivity index (χ1) is 12.6. The molecule has 6 heteroatoms. The van der Waals surface area contributed by atoms with Crippen LogP contribution in [0.15, 0.2) is 48.5 Å². The number of amides is 2. The van der Waals surface area contributed by atoms with Crippen molar-refractivity contribution in [1.29, 1.82) is 0 Å². The van der Waals surface area contributed by atoms with Crippen molar-refractivity contribution in [3.8, 4) is 11.5 Å². The van der Waals surface area contributed by atoms with E-state index in [9.17, 15) is 14.7 Å². The first-order valence-corrected chi connectivity index (χ1v) is 8.71.